The number of fused-ring (bicyclic) bond motifs is 1. The van der Waals surface area contributed by atoms with Crippen LogP contribution >= 0.6 is 0 Å². The monoisotopic (exact) mass is 216 g/mol. The third kappa shape index (κ3) is 1.69. The molecule has 0 radical (unpaired) electrons. The molecule has 1 heterocycles. The van der Waals surface area contributed by atoms with Crippen molar-refractivity contribution in [2.45, 2.75) is 0 Å². The molecule has 1 aromatic heterocycles. The van der Waals surface area contributed by atoms with Gasteiger partial charge in [0, 0.05) is 31.4 Å². The Balaban J connectivity index is 2.40. The lowest BCUT2D eigenvalue weighted by Crippen LogP contribution is -2.29. The minimum Gasteiger partial charge on any atom is -0.361 e. The molecule has 1 N–H and O–H groups in total. The number of carbonyl (C=O) groups excluding carboxylic acids is 2. The van der Waals surface area contributed by atoms with E-state index >= 15 is 0 Å². The van der Waals surface area contributed by atoms with E-state index in [1.54, 1.807) is 32.4 Å². The molecule has 0 saturated heterocycles. The first-order valence-corrected chi connectivity index (χ1v) is 4.92. The highest BCUT2D eigenvalue weighted by molar-refractivity contribution is 6.42. The van der Waals surface area contributed by atoms with Crippen LogP contribution < -0.4 is 0 Å². The van der Waals surface area contributed by atoms with Crippen molar-refractivity contribution in [2.24, 2.45) is 0 Å². The lowest BCUT2D eigenvalue weighted by Gasteiger charge is -2.08. The van der Waals surface area contributed by atoms with Gasteiger partial charge in [0.05, 0.1) is 0 Å². The fourth-order valence-electron chi connectivity index (χ4n) is 1.52. The highest BCUT2D eigenvalue weighted by atomic mass is 16.2. The molecule has 1 amide bonds. The predicted octanol–water partition coefficient (Wildman–Crippen LogP) is 1.44. The van der Waals surface area contributed by atoms with Gasteiger partial charge in [-0.05, 0) is 17.5 Å². The average Bonchev–Trinajstić information content (AvgIpc) is 2.73. The molecule has 4 nitrogen and oxygen atoms in total. The second kappa shape index (κ2) is 3.81. The van der Waals surface area contributed by atoms with Gasteiger partial charge in [-0.25, -0.2) is 0 Å². The molecule has 1 aromatic carbocycles. The fraction of sp³-hybridized carbons (Fsp3) is 0.167. The van der Waals surface area contributed by atoms with Gasteiger partial charge >= 0.3 is 0 Å². The molecule has 0 bridgehead atoms. The highest BCUT2D eigenvalue weighted by Gasteiger charge is 2.18. The van der Waals surface area contributed by atoms with Gasteiger partial charge in [0.15, 0.2) is 0 Å². The number of nitrogens with zero attached hydrogens (tertiary/aromatic N) is 1. The summed E-state index contributed by atoms with van der Waals surface area (Å²) in [5.74, 6) is -0.993. The van der Waals surface area contributed by atoms with Crippen LogP contribution in [-0.4, -0.2) is 35.7 Å². The number of likely N-dealkylation sites (N-methyl/N-ethyl adjacent to an activating group) is 1. The second-order valence-electron chi connectivity index (χ2n) is 3.81. The minimum absolute atomic E-state index is 0.411. The number of benzene rings is 1. The molecule has 2 rings (SSSR count). The zero-order chi connectivity index (χ0) is 11.7. The van der Waals surface area contributed by atoms with Crippen LogP contribution in [0.15, 0.2) is 30.5 Å². The number of ketones is 1. The van der Waals surface area contributed by atoms with Crippen molar-refractivity contribution < 1.29 is 9.59 Å². The van der Waals surface area contributed by atoms with E-state index in [4.69, 9.17) is 0 Å². The van der Waals surface area contributed by atoms with Gasteiger partial charge in [0.25, 0.3) is 5.91 Å². The molecule has 0 aliphatic carbocycles. The number of rotatable bonds is 2. The maximum absolute atomic E-state index is 11.7. The van der Waals surface area contributed by atoms with Gasteiger partial charge in [-0.1, -0.05) is 12.1 Å². The molecular formula is C12H12N2O2. The van der Waals surface area contributed by atoms with E-state index in [1.165, 1.54) is 4.90 Å². The van der Waals surface area contributed by atoms with Gasteiger partial charge in [0.2, 0.25) is 5.78 Å². The van der Waals surface area contributed by atoms with Gasteiger partial charge in [-0.2, -0.15) is 0 Å². The van der Waals surface area contributed by atoms with Crippen molar-refractivity contribution >= 4 is 22.6 Å². The van der Waals surface area contributed by atoms with Gasteiger partial charge in [0.1, 0.15) is 0 Å². The van der Waals surface area contributed by atoms with Crippen LogP contribution in [0.4, 0.5) is 0 Å². The summed E-state index contributed by atoms with van der Waals surface area (Å²) in [7, 11) is 3.13. The summed E-state index contributed by atoms with van der Waals surface area (Å²) in [4.78, 5) is 27.5. The van der Waals surface area contributed by atoms with Crippen molar-refractivity contribution in [3.63, 3.8) is 0 Å². The van der Waals surface area contributed by atoms with Crippen LogP contribution in [-0.2, 0) is 4.79 Å². The number of aromatic amines is 1. The average molecular weight is 216 g/mol. The summed E-state index contributed by atoms with van der Waals surface area (Å²) in [6.07, 6.45) is 1.80. The van der Waals surface area contributed by atoms with Crippen molar-refractivity contribution in [1.82, 2.24) is 9.88 Å². The van der Waals surface area contributed by atoms with E-state index in [1.807, 2.05) is 12.1 Å². The standard InChI is InChI=1S/C12H12N2O2/c1-14(2)12(16)11(15)9-4-3-8-5-6-13-10(8)7-9/h3-7,13H,1-2H3. The number of Topliss-reactive ketones (excluding diaryl/α,β-unsaturated/α-hetero) is 1. The molecular weight excluding hydrogens is 204 g/mol. The first-order chi connectivity index (χ1) is 7.59. The van der Waals surface area contributed by atoms with Crippen LogP contribution in [0.2, 0.25) is 0 Å². The fourth-order valence-corrected chi connectivity index (χ4v) is 1.52. The maximum Gasteiger partial charge on any atom is 0.294 e. The van der Waals surface area contributed by atoms with Gasteiger partial charge < -0.3 is 9.88 Å². The Kier molecular flexibility index (Phi) is 2.48. The summed E-state index contributed by atoms with van der Waals surface area (Å²) in [6, 6.07) is 7.10. The molecule has 4 heteroatoms. The first-order valence-electron chi connectivity index (χ1n) is 4.92. The normalized spacial score (nSPS) is 10.4. The first kappa shape index (κ1) is 10.4. The second-order valence-corrected chi connectivity index (χ2v) is 3.81. The molecule has 0 atom stereocenters. The number of H-pyrrole nitrogens is 1. The van der Waals surface area contributed by atoms with Gasteiger partial charge in [-0.15, -0.1) is 0 Å². The van der Waals surface area contributed by atoms with E-state index in [0.29, 0.717) is 5.56 Å². The molecule has 0 aliphatic rings. The van der Waals surface area contributed by atoms with Crippen LogP contribution in [0.1, 0.15) is 10.4 Å². The molecule has 82 valence electrons. The number of carbonyl (C=O) groups is 2. The summed E-state index contributed by atoms with van der Waals surface area (Å²) in [5, 5.41) is 1.02. The molecule has 0 fully saturated rings. The number of amides is 1. The number of hydrogen-bond donors (Lipinski definition) is 1. The van der Waals surface area contributed by atoms with Crippen molar-refractivity contribution in [3.05, 3.63) is 36.0 Å². The molecule has 0 spiro atoms. The Labute approximate surface area is 92.9 Å². The minimum atomic E-state index is -0.508. The Morgan fingerprint density at radius 1 is 1.19 bits per heavy atom. The number of hydrogen-bond acceptors (Lipinski definition) is 2. The number of nitrogens with one attached hydrogen (secondary N) is 1. The zero-order valence-corrected chi connectivity index (χ0v) is 9.15. The molecule has 0 aliphatic heterocycles. The zero-order valence-electron chi connectivity index (χ0n) is 9.15. The molecule has 2 aromatic rings. The predicted molar refractivity (Wildman–Crippen MR) is 61.3 cm³/mol. The Bertz CT molecular complexity index is 555. The van der Waals surface area contributed by atoms with E-state index in [9.17, 15) is 9.59 Å². The van der Waals surface area contributed by atoms with Crippen LogP contribution in [0.3, 0.4) is 0 Å². The van der Waals surface area contributed by atoms with E-state index in [0.717, 1.165) is 10.9 Å². The summed E-state index contributed by atoms with van der Waals surface area (Å²) >= 11 is 0. The summed E-state index contributed by atoms with van der Waals surface area (Å²) in [6.45, 7) is 0. The van der Waals surface area contributed by atoms with Gasteiger partial charge in [-0.3, -0.25) is 9.59 Å². The molecule has 0 saturated carbocycles. The van der Waals surface area contributed by atoms with E-state index in [-0.39, 0.29) is 0 Å². The SMILES string of the molecule is CN(C)C(=O)C(=O)c1ccc2cc[nH]c2c1. The Morgan fingerprint density at radius 2 is 1.94 bits per heavy atom. The summed E-state index contributed by atoms with van der Waals surface area (Å²) in [5.41, 5.74) is 1.27. The topological polar surface area (TPSA) is 53.2 Å². The smallest absolute Gasteiger partial charge is 0.294 e. The molecule has 0 unspecified atom stereocenters. The largest absolute Gasteiger partial charge is 0.361 e. The van der Waals surface area contributed by atoms with Crippen molar-refractivity contribution in [3.8, 4) is 0 Å². The molecule has 16 heavy (non-hydrogen) atoms. The lowest BCUT2D eigenvalue weighted by atomic mass is 10.1. The number of aromatic nitrogens is 1. The third-order valence-corrected chi connectivity index (χ3v) is 2.42. The summed E-state index contributed by atoms with van der Waals surface area (Å²) < 4.78 is 0. The Morgan fingerprint density at radius 3 is 2.62 bits per heavy atom. The van der Waals surface area contributed by atoms with Crippen LogP contribution in [0.25, 0.3) is 10.9 Å². The van der Waals surface area contributed by atoms with Crippen LogP contribution in [0, 0.1) is 0 Å². The van der Waals surface area contributed by atoms with E-state index in [2.05, 4.69) is 4.98 Å². The maximum atomic E-state index is 11.7. The van der Waals surface area contributed by atoms with Crippen LogP contribution in [0.5, 0.6) is 0 Å². The lowest BCUT2D eigenvalue weighted by molar-refractivity contribution is -0.124. The van der Waals surface area contributed by atoms with Crippen molar-refractivity contribution in [2.75, 3.05) is 14.1 Å². The van der Waals surface area contributed by atoms with Crippen molar-refractivity contribution in [1.29, 1.82) is 0 Å². The van der Waals surface area contributed by atoms with E-state index < -0.39 is 11.7 Å². The third-order valence-electron chi connectivity index (χ3n) is 2.42. The highest BCUT2D eigenvalue weighted by Crippen LogP contribution is 2.14. The Hall–Kier alpha value is -2.10. The quantitative estimate of drug-likeness (QED) is 0.610.